The van der Waals surface area contributed by atoms with E-state index < -0.39 is 0 Å². The molecule has 3 aliphatic rings. The van der Waals surface area contributed by atoms with Crippen LogP contribution in [0.3, 0.4) is 0 Å². The van der Waals surface area contributed by atoms with E-state index in [4.69, 9.17) is 0 Å². The van der Waals surface area contributed by atoms with Crippen LogP contribution in [0.15, 0.2) is 18.3 Å². The monoisotopic (exact) mass is 421 g/mol. The van der Waals surface area contributed by atoms with Gasteiger partial charge in [-0.25, -0.2) is 4.98 Å². The summed E-state index contributed by atoms with van der Waals surface area (Å²) in [6.45, 7) is 7.69. The number of halogens is 1. The number of imide groups is 1. The normalized spacial score (nSPS) is 24.6. The molecule has 2 amide bonds. The second kappa shape index (κ2) is 10.4. The van der Waals surface area contributed by atoms with Crippen molar-refractivity contribution in [1.29, 1.82) is 0 Å². The summed E-state index contributed by atoms with van der Waals surface area (Å²) in [5.74, 6) is 1.17. The molecule has 7 nitrogen and oxygen atoms in total. The standard InChI is InChI=1S/C21H31N5O2.ClH/c27-20-3-2-18(21(28)24-20)17-6-9-23-19(14-17)26-11-1-10-25(12-13-26)15-16-4-7-22-8-5-16;/h6,9,14,16,18,22H,1-5,7-8,10-13,15H2,(H,24,27,28);1H. The predicted octanol–water partition coefficient (Wildman–Crippen LogP) is 1.54. The van der Waals surface area contributed by atoms with Gasteiger partial charge in [0.05, 0.1) is 5.92 Å². The highest BCUT2D eigenvalue weighted by atomic mass is 35.5. The van der Waals surface area contributed by atoms with Gasteiger partial charge in [-0.2, -0.15) is 0 Å². The molecule has 1 aromatic heterocycles. The first-order valence-electron chi connectivity index (χ1n) is 10.7. The first kappa shape index (κ1) is 22.0. The molecule has 3 saturated heterocycles. The number of nitrogens with zero attached hydrogens (tertiary/aromatic N) is 3. The molecule has 2 N–H and O–H groups in total. The number of pyridine rings is 1. The van der Waals surface area contributed by atoms with E-state index in [0.29, 0.717) is 12.8 Å². The lowest BCUT2D eigenvalue weighted by atomic mass is 9.91. The van der Waals surface area contributed by atoms with E-state index >= 15 is 0 Å². The summed E-state index contributed by atoms with van der Waals surface area (Å²) >= 11 is 0. The molecule has 0 saturated carbocycles. The number of piperidine rings is 2. The fraction of sp³-hybridized carbons (Fsp3) is 0.667. The molecule has 3 fully saturated rings. The Morgan fingerprint density at radius 1 is 1.07 bits per heavy atom. The van der Waals surface area contributed by atoms with Crippen molar-refractivity contribution >= 4 is 30.0 Å². The van der Waals surface area contributed by atoms with Crippen LogP contribution in [0, 0.1) is 5.92 Å². The van der Waals surface area contributed by atoms with Crippen molar-refractivity contribution in [3.05, 3.63) is 23.9 Å². The van der Waals surface area contributed by atoms with Gasteiger partial charge in [0.15, 0.2) is 0 Å². The highest BCUT2D eigenvalue weighted by Crippen LogP contribution is 2.27. The summed E-state index contributed by atoms with van der Waals surface area (Å²) in [4.78, 5) is 33.2. The number of aromatic nitrogens is 1. The van der Waals surface area contributed by atoms with E-state index in [1.54, 1.807) is 6.20 Å². The zero-order chi connectivity index (χ0) is 19.3. The van der Waals surface area contributed by atoms with Gasteiger partial charge in [0.25, 0.3) is 0 Å². The van der Waals surface area contributed by atoms with E-state index in [0.717, 1.165) is 63.0 Å². The molecule has 160 valence electrons. The van der Waals surface area contributed by atoms with Crippen molar-refractivity contribution in [2.24, 2.45) is 5.92 Å². The van der Waals surface area contributed by atoms with Crippen molar-refractivity contribution in [3.8, 4) is 0 Å². The lowest BCUT2D eigenvalue weighted by Gasteiger charge is -2.29. The van der Waals surface area contributed by atoms with Crippen LogP contribution in [0.1, 0.15) is 43.6 Å². The molecule has 1 aromatic rings. The minimum atomic E-state index is -0.247. The maximum atomic E-state index is 12.2. The van der Waals surface area contributed by atoms with Crippen molar-refractivity contribution in [2.45, 2.75) is 38.0 Å². The third-order valence-corrected chi connectivity index (χ3v) is 6.30. The zero-order valence-corrected chi connectivity index (χ0v) is 17.8. The molecular weight excluding hydrogens is 390 g/mol. The third kappa shape index (κ3) is 5.68. The molecule has 1 atom stereocenters. The first-order chi connectivity index (χ1) is 13.7. The van der Waals surface area contributed by atoms with Gasteiger partial charge >= 0.3 is 0 Å². The van der Waals surface area contributed by atoms with Crippen LogP contribution >= 0.6 is 12.4 Å². The number of carbonyl (C=O) groups is 2. The summed E-state index contributed by atoms with van der Waals surface area (Å²) in [5, 5.41) is 5.91. The van der Waals surface area contributed by atoms with Gasteiger partial charge in [-0.05, 0) is 68.9 Å². The topological polar surface area (TPSA) is 77.6 Å². The molecule has 1 unspecified atom stereocenters. The molecular formula is C21H32ClN5O2. The van der Waals surface area contributed by atoms with Gasteiger partial charge in [-0.15, -0.1) is 12.4 Å². The third-order valence-electron chi connectivity index (χ3n) is 6.30. The van der Waals surface area contributed by atoms with E-state index in [9.17, 15) is 9.59 Å². The molecule has 0 bridgehead atoms. The van der Waals surface area contributed by atoms with Gasteiger partial charge in [0.2, 0.25) is 11.8 Å². The molecule has 3 aliphatic heterocycles. The van der Waals surface area contributed by atoms with E-state index in [1.807, 2.05) is 12.1 Å². The Hall–Kier alpha value is -1.70. The minimum Gasteiger partial charge on any atom is -0.355 e. The Morgan fingerprint density at radius 3 is 2.69 bits per heavy atom. The highest BCUT2D eigenvalue weighted by Gasteiger charge is 2.28. The SMILES string of the molecule is Cl.O=C1CCC(c2ccnc(N3CCCN(CC4CCNCC4)CC3)c2)C(=O)N1. The number of carbonyl (C=O) groups excluding carboxylic acids is 2. The largest absolute Gasteiger partial charge is 0.355 e. The lowest BCUT2D eigenvalue weighted by Crippen LogP contribution is -2.39. The quantitative estimate of drug-likeness (QED) is 0.718. The second-order valence-corrected chi connectivity index (χ2v) is 8.29. The number of nitrogens with one attached hydrogen (secondary N) is 2. The van der Waals surface area contributed by atoms with Crippen LogP contribution < -0.4 is 15.5 Å². The highest BCUT2D eigenvalue weighted by molar-refractivity contribution is 6.00. The van der Waals surface area contributed by atoms with Crippen LogP contribution in [0.25, 0.3) is 0 Å². The van der Waals surface area contributed by atoms with Gasteiger partial charge in [0, 0.05) is 38.8 Å². The van der Waals surface area contributed by atoms with Crippen LogP contribution in [-0.2, 0) is 9.59 Å². The Balaban J connectivity index is 0.00000240. The van der Waals surface area contributed by atoms with Crippen molar-refractivity contribution in [3.63, 3.8) is 0 Å². The molecule has 0 aliphatic carbocycles. The summed E-state index contributed by atoms with van der Waals surface area (Å²) in [5.41, 5.74) is 0.964. The van der Waals surface area contributed by atoms with Gasteiger partial charge in [-0.1, -0.05) is 0 Å². The summed E-state index contributed by atoms with van der Waals surface area (Å²) in [7, 11) is 0. The van der Waals surface area contributed by atoms with Crippen LogP contribution in [0.5, 0.6) is 0 Å². The first-order valence-corrected chi connectivity index (χ1v) is 10.7. The van der Waals surface area contributed by atoms with Crippen molar-refractivity contribution < 1.29 is 9.59 Å². The number of amides is 2. The number of hydrogen-bond acceptors (Lipinski definition) is 6. The smallest absolute Gasteiger partial charge is 0.234 e. The maximum Gasteiger partial charge on any atom is 0.234 e. The Labute approximate surface area is 179 Å². The number of anilines is 1. The molecule has 0 spiro atoms. The Morgan fingerprint density at radius 2 is 1.90 bits per heavy atom. The maximum absolute atomic E-state index is 12.2. The molecule has 0 radical (unpaired) electrons. The molecule has 4 heterocycles. The zero-order valence-electron chi connectivity index (χ0n) is 16.9. The van der Waals surface area contributed by atoms with E-state index in [1.165, 1.54) is 19.4 Å². The van der Waals surface area contributed by atoms with Crippen LogP contribution in [0.2, 0.25) is 0 Å². The van der Waals surface area contributed by atoms with Crippen molar-refractivity contribution in [1.82, 2.24) is 20.5 Å². The van der Waals surface area contributed by atoms with E-state index in [-0.39, 0.29) is 30.1 Å². The fourth-order valence-electron chi connectivity index (χ4n) is 4.65. The van der Waals surface area contributed by atoms with Crippen LogP contribution in [0.4, 0.5) is 5.82 Å². The van der Waals surface area contributed by atoms with Gasteiger partial charge < -0.3 is 15.1 Å². The van der Waals surface area contributed by atoms with Crippen molar-refractivity contribution in [2.75, 3.05) is 50.7 Å². The lowest BCUT2D eigenvalue weighted by molar-refractivity contribution is -0.134. The van der Waals surface area contributed by atoms with Gasteiger partial charge in [0.1, 0.15) is 5.82 Å². The van der Waals surface area contributed by atoms with Crippen LogP contribution in [-0.4, -0.2) is 67.5 Å². The Kier molecular flexibility index (Phi) is 7.86. The van der Waals surface area contributed by atoms with Gasteiger partial charge in [-0.3, -0.25) is 14.9 Å². The Bertz CT molecular complexity index is 710. The second-order valence-electron chi connectivity index (χ2n) is 8.29. The summed E-state index contributed by atoms with van der Waals surface area (Å²) < 4.78 is 0. The molecule has 8 heteroatoms. The summed E-state index contributed by atoms with van der Waals surface area (Å²) in [6, 6.07) is 3.95. The van der Waals surface area contributed by atoms with E-state index in [2.05, 4.69) is 25.4 Å². The fourth-order valence-corrected chi connectivity index (χ4v) is 4.65. The predicted molar refractivity (Wildman–Crippen MR) is 115 cm³/mol. The summed E-state index contributed by atoms with van der Waals surface area (Å²) in [6.07, 6.45) is 6.49. The number of rotatable bonds is 4. The average molecular weight is 422 g/mol. The molecule has 29 heavy (non-hydrogen) atoms. The molecule has 0 aromatic carbocycles. The minimum absolute atomic E-state index is 0. The molecule has 4 rings (SSSR count). The average Bonchev–Trinajstić information content (AvgIpc) is 2.94. The number of hydrogen-bond donors (Lipinski definition) is 2.